The molecule has 33 heavy (non-hydrogen) atoms. The van der Waals surface area contributed by atoms with E-state index in [1.165, 1.54) is 4.31 Å². The van der Waals surface area contributed by atoms with Crippen LogP contribution in [0.4, 0.5) is 0 Å². The van der Waals surface area contributed by atoms with Crippen molar-refractivity contribution >= 4 is 15.8 Å². The number of carbonyl (C=O) groups excluding carboxylic acids is 1. The van der Waals surface area contributed by atoms with Crippen molar-refractivity contribution < 1.29 is 22.7 Å². The van der Waals surface area contributed by atoms with E-state index in [-0.39, 0.29) is 11.9 Å². The summed E-state index contributed by atoms with van der Waals surface area (Å²) in [4.78, 5) is 13.8. The van der Waals surface area contributed by atoms with E-state index in [4.69, 9.17) is 9.47 Å². The van der Waals surface area contributed by atoms with Crippen LogP contribution in [0.2, 0.25) is 0 Å². The first-order valence-corrected chi connectivity index (χ1v) is 13.0. The van der Waals surface area contributed by atoms with Gasteiger partial charge in [0.1, 0.15) is 11.5 Å². The summed E-state index contributed by atoms with van der Waals surface area (Å²) in [5, 5.41) is 0. The maximum absolute atomic E-state index is 13.5. The van der Waals surface area contributed by atoms with Crippen molar-refractivity contribution in [2.75, 3.05) is 26.8 Å². The smallest absolute Gasteiger partial charge is 0.243 e. The second kappa shape index (κ2) is 11.3. The van der Waals surface area contributed by atoms with Crippen molar-refractivity contribution in [3.05, 3.63) is 60.2 Å². The van der Waals surface area contributed by atoms with E-state index in [0.29, 0.717) is 50.3 Å². The minimum absolute atomic E-state index is 0.0962. The number of nitrogens with zero attached hydrogens (tertiary/aromatic N) is 1. The second-order valence-electron chi connectivity index (χ2n) is 9.00. The molecule has 6 nitrogen and oxygen atoms in total. The van der Waals surface area contributed by atoms with Gasteiger partial charge in [0.25, 0.3) is 0 Å². The number of ketones is 1. The zero-order valence-electron chi connectivity index (χ0n) is 19.8. The largest absolute Gasteiger partial charge is 0.491 e. The molecule has 2 aromatic carbocycles. The summed E-state index contributed by atoms with van der Waals surface area (Å²) in [6.07, 6.45) is 2.95. The van der Waals surface area contributed by atoms with Gasteiger partial charge >= 0.3 is 0 Å². The molecule has 0 N–H and O–H groups in total. The zero-order chi connectivity index (χ0) is 23.9. The van der Waals surface area contributed by atoms with Crippen molar-refractivity contribution in [1.82, 2.24) is 4.31 Å². The van der Waals surface area contributed by atoms with Gasteiger partial charge in [0.05, 0.1) is 11.0 Å². The molecular weight excluding hydrogens is 438 g/mol. The van der Waals surface area contributed by atoms with Gasteiger partial charge in [-0.25, -0.2) is 8.42 Å². The maximum Gasteiger partial charge on any atom is 0.243 e. The lowest BCUT2D eigenvalue weighted by Crippen LogP contribution is -2.47. The Morgan fingerprint density at radius 3 is 2.24 bits per heavy atom. The normalized spacial score (nSPS) is 16.6. The van der Waals surface area contributed by atoms with Crippen LogP contribution in [-0.4, -0.2) is 51.4 Å². The molecule has 3 rings (SSSR count). The van der Waals surface area contributed by atoms with E-state index in [9.17, 15) is 13.2 Å². The summed E-state index contributed by atoms with van der Waals surface area (Å²) < 4.78 is 38.5. The van der Waals surface area contributed by atoms with E-state index >= 15 is 0 Å². The standard InChI is InChI=1S/C26H35NO5S/c1-21(2)32-23-12-10-22(11-13-23)20-25(28)26(14-7-19-31-3)15-17-27(18-16-26)33(29,30)24-8-5-4-6-9-24/h4-6,8-13,21H,7,14-20H2,1-3H3. The Bertz CT molecular complexity index is 995. The van der Waals surface area contributed by atoms with Crippen LogP contribution in [0.3, 0.4) is 0 Å². The SMILES string of the molecule is COCCCC1(C(=O)Cc2ccc(OC(C)C)cc2)CCN(S(=O)(=O)c2ccccc2)CC1. The van der Waals surface area contributed by atoms with Gasteiger partial charge in [-0.15, -0.1) is 0 Å². The number of hydrogen-bond acceptors (Lipinski definition) is 5. The van der Waals surface area contributed by atoms with Gasteiger partial charge in [0, 0.05) is 38.6 Å². The predicted octanol–water partition coefficient (Wildman–Crippen LogP) is 4.48. The lowest BCUT2D eigenvalue weighted by Gasteiger charge is -2.40. The molecule has 0 aliphatic carbocycles. The molecule has 0 atom stereocenters. The molecule has 0 saturated carbocycles. The topological polar surface area (TPSA) is 72.9 Å². The van der Waals surface area contributed by atoms with E-state index in [2.05, 4.69) is 0 Å². The molecule has 2 aromatic rings. The number of rotatable bonds is 11. The molecule has 180 valence electrons. The molecule has 1 aliphatic rings. The third-order valence-electron chi connectivity index (χ3n) is 6.32. The van der Waals surface area contributed by atoms with Gasteiger partial charge in [-0.2, -0.15) is 4.31 Å². The van der Waals surface area contributed by atoms with Crippen molar-refractivity contribution in [1.29, 1.82) is 0 Å². The Hall–Kier alpha value is -2.22. The van der Waals surface area contributed by atoms with Crippen LogP contribution in [0, 0.1) is 5.41 Å². The van der Waals surface area contributed by atoms with E-state index in [0.717, 1.165) is 17.7 Å². The molecule has 1 heterocycles. The highest BCUT2D eigenvalue weighted by Gasteiger charge is 2.42. The summed E-state index contributed by atoms with van der Waals surface area (Å²) in [6, 6.07) is 16.2. The second-order valence-corrected chi connectivity index (χ2v) is 10.9. The molecule has 0 radical (unpaired) electrons. The number of carbonyl (C=O) groups is 1. The van der Waals surface area contributed by atoms with Crippen LogP contribution in [0.5, 0.6) is 5.75 Å². The fraction of sp³-hybridized carbons (Fsp3) is 0.500. The molecule has 0 amide bonds. The average molecular weight is 474 g/mol. The fourth-order valence-corrected chi connectivity index (χ4v) is 5.91. The van der Waals surface area contributed by atoms with Gasteiger partial charge in [0.2, 0.25) is 10.0 Å². The number of benzene rings is 2. The Labute approximate surface area is 198 Å². The van der Waals surface area contributed by atoms with E-state index in [1.807, 2.05) is 38.1 Å². The summed E-state index contributed by atoms with van der Waals surface area (Å²) in [5.41, 5.74) is 0.412. The van der Waals surface area contributed by atoms with E-state index in [1.54, 1.807) is 37.4 Å². The van der Waals surface area contributed by atoms with Crippen LogP contribution < -0.4 is 4.74 Å². The maximum atomic E-state index is 13.5. The van der Waals surface area contributed by atoms with Gasteiger partial charge < -0.3 is 9.47 Å². The number of sulfonamides is 1. The Morgan fingerprint density at radius 2 is 1.67 bits per heavy atom. The number of piperidine rings is 1. The van der Waals surface area contributed by atoms with Crippen LogP contribution in [0.1, 0.15) is 45.1 Å². The first kappa shape index (κ1) is 25.4. The number of ether oxygens (including phenoxy) is 2. The van der Waals surface area contributed by atoms with Crippen molar-refractivity contribution in [3.63, 3.8) is 0 Å². The Balaban J connectivity index is 1.72. The summed E-state index contributed by atoms with van der Waals surface area (Å²) in [6.45, 7) is 5.23. The molecule has 0 spiro atoms. The highest BCUT2D eigenvalue weighted by molar-refractivity contribution is 7.89. The first-order chi connectivity index (χ1) is 15.8. The Morgan fingerprint density at radius 1 is 1.03 bits per heavy atom. The Kier molecular flexibility index (Phi) is 8.68. The van der Waals surface area contributed by atoms with Gasteiger partial charge in [-0.3, -0.25) is 4.79 Å². The summed E-state index contributed by atoms with van der Waals surface area (Å²) >= 11 is 0. The lowest BCUT2D eigenvalue weighted by molar-refractivity contribution is -0.131. The van der Waals surface area contributed by atoms with Crippen molar-refractivity contribution in [2.45, 2.75) is 57.0 Å². The van der Waals surface area contributed by atoms with Crippen molar-refractivity contribution in [3.8, 4) is 5.75 Å². The third-order valence-corrected chi connectivity index (χ3v) is 8.23. The molecule has 0 unspecified atom stereocenters. The zero-order valence-corrected chi connectivity index (χ0v) is 20.6. The predicted molar refractivity (Wildman–Crippen MR) is 129 cm³/mol. The average Bonchev–Trinajstić information content (AvgIpc) is 2.81. The van der Waals surface area contributed by atoms with Crippen LogP contribution in [0.15, 0.2) is 59.5 Å². The highest BCUT2D eigenvalue weighted by Crippen LogP contribution is 2.39. The fourth-order valence-electron chi connectivity index (χ4n) is 4.45. The first-order valence-electron chi connectivity index (χ1n) is 11.6. The van der Waals surface area contributed by atoms with Gasteiger partial charge in [-0.1, -0.05) is 30.3 Å². The van der Waals surface area contributed by atoms with E-state index < -0.39 is 15.4 Å². The lowest BCUT2D eigenvalue weighted by atomic mass is 9.70. The molecule has 1 saturated heterocycles. The van der Waals surface area contributed by atoms with Gasteiger partial charge in [-0.05, 0) is 69.4 Å². The summed E-state index contributed by atoms with van der Waals surface area (Å²) in [7, 11) is -1.90. The van der Waals surface area contributed by atoms with Crippen LogP contribution in [-0.2, 0) is 26.0 Å². The van der Waals surface area contributed by atoms with Gasteiger partial charge in [0.15, 0.2) is 0 Å². The molecule has 0 aromatic heterocycles. The minimum Gasteiger partial charge on any atom is -0.491 e. The number of methoxy groups -OCH3 is 1. The molecular formula is C26H35NO5S. The number of Topliss-reactive ketones (excluding diaryl/α,β-unsaturated/α-hetero) is 1. The quantitative estimate of drug-likeness (QED) is 0.450. The molecule has 1 fully saturated rings. The third kappa shape index (κ3) is 6.43. The van der Waals surface area contributed by atoms with Crippen LogP contribution >= 0.6 is 0 Å². The molecule has 0 bridgehead atoms. The number of hydrogen-bond donors (Lipinski definition) is 0. The summed E-state index contributed by atoms with van der Waals surface area (Å²) in [5.74, 6) is 0.961. The molecule has 7 heteroatoms. The highest BCUT2D eigenvalue weighted by atomic mass is 32.2. The molecule has 1 aliphatic heterocycles. The van der Waals surface area contributed by atoms with Crippen molar-refractivity contribution in [2.24, 2.45) is 5.41 Å². The minimum atomic E-state index is -3.55. The monoisotopic (exact) mass is 473 g/mol. The van der Waals surface area contributed by atoms with Crippen LogP contribution in [0.25, 0.3) is 0 Å².